The molecule has 260 valence electrons. The Kier molecular flexibility index (Phi) is 10.7. The van der Waals surface area contributed by atoms with E-state index >= 15 is 4.79 Å². The SMILES string of the molecule is CCCC(C)N1C/C=C\CCC(=O)NC[C@H](c2ccccc2)OC(=O)[C@H]2[C@@H]3O[C@@]4(C=C3Br)[C@@H]2C(=O)N([C@@H](CO)Cc2ccccc2)[C@@H]4C1=O. The van der Waals surface area contributed by atoms with Crippen LogP contribution in [0.2, 0.25) is 0 Å². The van der Waals surface area contributed by atoms with Crippen molar-refractivity contribution in [3.05, 3.63) is 94.5 Å². The van der Waals surface area contributed by atoms with Gasteiger partial charge in [-0.2, -0.15) is 0 Å². The molecule has 1 spiro atoms. The fraction of sp³-hybridized carbons (Fsp3) is 0.474. The lowest BCUT2D eigenvalue weighted by Crippen LogP contribution is -2.60. The second-order valence-electron chi connectivity index (χ2n) is 13.4. The Hall–Kier alpha value is -3.80. The molecule has 2 aromatic carbocycles. The fourth-order valence-electron chi connectivity index (χ4n) is 7.88. The standard InChI is InChI=1S/C38H44BrN3O7/c1-3-13-24(2)41-19-12-6-11-18-30(44)40-22-29(26-16-9-5-10-17-26)48-37(47)31-32-35(45)42(27(23-43)20-25-14-7-4-8-15-25)34(36(41)46)38(32)21-28(39)33(31)49-38/h4-10,12,14-17,21,24,27,29,31-34,43H,3,11,13,18-20,22-23H2,1-2H3,(H,40,44)/b12-6-/t24?,27-,29-,31-,32+,33-,34-,38+/m1/s1. The van der Waals surface area contributed by atoms with E-state index in [0.717, 1.165) is 18.4 Å². The van der Waals surface area contributed by atoms with Gasteiger partial charge >= 0.3 is 5.97 Å². The fourth-order valence-corrected chi connectivity index (χ4v) is 8.62. The van der Waals surface area contributed by atoms with E-state index in [0.29, 0.717) is 22.9 Å². The molecule has 11 heteroatoms. The van der Waals surface area contributed by atoms with Crippen LogP contribution in [0.3, 0.4) is 0 Å². The minimum atomic E-state index is -1.47. The van der Waals surface area contributed by atoms with Crippen LogP contribution >= 0.6 is 15.9 Å². The number of hydrogen-bond donors (Lipinski definition) is 2. The van der Waals surface area contributed by atoms with Gasteiger partial charge in [-0.05, 0) is 43.4 Å². The Bertz CT molecular complexity index is 1600. The summed E-state index contributed by atoms with van der Waals surface area (Å²) in [4.78, 5) is 60.3. The highest BCUT2D eigenvalue weighted by atomic mass is 79.9. The second-order valence-corrected chi connectivity index (χ2v) is 14.3. The lowest BCUT2D eigenvalue weighted by molar-refractivity contribution is -0.160. The maximum absolute atomic E-state index is 15.1. The minimum Gasteiger partial charge on any atom is -0.455 e. The highest BCUT2D eigenvalue weighted by Crippen LogP contribution is 2.59. The number of rotatable bonds is 8. The van der Waals surface area contributed by atoms with Crippen LogP contribution in [0.25, 0.3) is 0 Å². The van der Waals surface area contributed by atoms with E-state index in [9.17, 15) is 19.5 Å². The number of halogens is 1. The van der Waals surface area contributed by atoms with E-state index in [1.165, 1.54) is 4.90 Å². The van der Waals surface area contributed by atoms with Crippen LogP contribution in [0.5, 0.6) is 0 Å². The number of hydrogen-bond acceptors (Lipinski definition) is 7. The third kappa shape index (κ3) is 6.72. The summed E-state index contributed by atoms with van der Waals surface area (Å²) < 4.78 is 13.4. The molecule has 1 unspecified atom stereocenters. The van der Waals surface area contributed by atoms with Crippen molar-refractivity contribution < 1.29 is 33.8 Å². The number of nitrogens with zero attached hydrogens (tertiary/aromatic N) is 2. The molecule has 4 aliphatic rings. The Morgan fingerprint density at radius 3 is 2.43 bits per heavy atom. The van der Waals surface area contributed by atoms with Gasteiger partial charge in [-0.1, -0.05) is 102 Å². The number of carbonyl (C=O) groups is 4. The number of nitrogens with one attached hydrogen (secondary N) is 1. The molecule has 5 bridgehead atoms. The molecule has 0 aliphatic carbocycles. The second kappa shape index (κ2) is 15.0. The number of allylic oxidation sites excluding steroid dienone is 1. The highest BCUT2D eigenvalue weighted by molar-refractivity contribution is 9.11. The van der Waals surface area contributed by atoms with Gasteiger partial charge in [-0.3, -0.25) is 19.2 Å². The number of cyclic esters (lactones) is 1. The molecule has 10 nitrogen and oxygen atoms in total. The predicted octanol–water partition coefficient (Wildman–Crippen LogP) is 4.23. The summed E-state index contributed by atoms with van der Waals surface area (Å²) >= 11 is 3.62. The van der Waals surface area contributed by atoms with Gasteiger partial charge in [0.15, 0.2) is 0 Å². The molecule has 0 radical (unpaired) electrons. The zero-order valence-electron chi connectivity index (χ0n) is 27.9. The van der Waals surface area contributed by atoms with E-state index in [2.05, 4.69) is 28.2 Å². The molecule has 4 aliphatic heterocycles. The summed E-state index contributed by atoms with van der Waals surface area (Å²) in [6.45, 7) is 3.96. The van der Waals surface area contributed by atoms with E-state index < -0.39 is 60.2 Å². The highest BCUT2D eigenvalue weighted by Gasteiger charge is 2.75. The Balaban J connectivity index is 1.46. The van der Waals surface area contributed by atoms with Crippen LogP contribution in [-0.4, -0.2) is 88.1 Å². The van der Waals surface area contributed by atoms with Gasteiger partial charge in [0.05, 0.1) is 25.1 Å². The molecule has 49 heavy (non-hydrogen) atoms. The lowest BCUT2D eigenvalue weighted by atomic mass is 9.74. The van der Waals surface area contributed by atoms with Crippen molar-refractivity contribution in [1.29, 1.82) is 0 Å². The molecule has 0 aromatic heterocycles. The third-order valence-electron chi connectivity index (χ3n) is 10.2. The molecule has 3 amide bonds. The average Bonchev–Trinajstić information content (AvgIpc) is 3.70. The summed E-state index contributed by atoms with van der Waals surface area (Å²) in [5.74, 6) is -3.73. The maximum atomic E-state index is 15.1. The summed E-state index contributed by atoms with van der Waals surface area (Å²) in [6.07, 6.45) is 6.46. The van der Waals surface area contributed by atoms with Gasteiger partial charge < -0.3 is 29.7 Å². The third-order valence-corrected chi connectivity index (χ3v) is 10.9. The molecular weight excluding hydrogens is 690 g/mol. The van der Waals surface area contributed by atoms with Crippen molar-refractivity contribution in [3.63, 3.8) is 0 Å². The molecule has 2 aromatic rings. The quantitative estimate of drug-likeness (QED) is 0.308. The first-order chi connectivity index (χ1) is 23.7. The van der Waals surface area contributed by atoms with Gasteiger partial charge in [0.25, 0.3) is 0 Å². The topological polar surface area (TPSA) is 125 Å². The number of aliphatic hydroxyl groups is 1. The number of ether oxygens (including phenoxy) is 2. The summed E-state index contributed by atoms with van der Waals surface area (Å²) in [6, 6.07) is 16.6. The van der Waals surface area contributed by atoms with Gasteiger partial charge in [0.1, 0.15) is 29.8 Å². The first-order valence-electron chi connectivity index (χ1n) is 17.2. The zero-order valence-corrected chi connectivity index (χ0v) is 29.5. The molecule has 2 N–H and O–H groups in total. The average molecular weight is 735 g/mol. The van der Waals surface area contributed by atoms with Crippen LogP contribution in [0, 0.1) is 11.8 Å². The molecule has 2 saturated heterocycles. The molecule has 4 heterocycles. The molecule has 2 fully saturated rings. The lowest BCUT2D eigenvalue weighted by Gasteiger charge is -2.40. The monoisotopic (exact) mass is 733 g/mol. The Labute approximate surface area is 295 Å². The summed E-state index contributed by atoms with van der Waals surface area (Å²) in [5.41, 5.74) is 0.122. The van der Waals surface area contributed by atoms with Crippen LogP contribution < -0.4 is 5.32 Å². The van der Waals surface area contributed by atoms with Crippen LogP contribution in [0.1, 0.15) is 56.8 Å². The van der Waals surface area contributed by atoms with Crippen LogP contribution in [-0.2, 0) is 35.1 Å². The number of benzene rings is 2. The number of aliphatic hydroxyl groups excluding tert-OH is 1. The van der Waals surface area contributed by atoms with Crippen molar-refractivity contribution in [3.8, 4) is 0 Å². The number of likely N-dealkylation sites (tertiary alicyclic amines) is 1. The largest absolute Gasteiger partial charge is 0.455 e. The predicted molar refractivity (Wildman–Crippen MR) is 186 cm³/mol. The van der Waals surface area contributed by atoms with Gasteiger partial charge in [-0.15, -0.1) is 0 Å². The first-order valence-corrected chi connectivity index (χ1v) is 18.0. The van der Waals surface area contributed by atoms with Crippen molar-refractivity contribution >= 4 is 39.6 Å². The van der Waals surface area contributed by atoms with Gasteiger partial charge in [-0.25, -0.2) is 0 Å². The molecular formula is C38H44BrN3O7. The number of esters is 1. The normalized spacial score (nSPS) is 30.8. The van der Waals surface area contributed by atoms with E-state index in [-0.39, 0.29) is 37.4 Å². The van der Waals surface area contributed by atoms with Crippen molar-refractivity contribution in [2.75, 3.05) is 19.7 Å². The number of fused-ring (bicyclic) bond motifs is 2. The summed E-state index contributed by atoms with van der Waals surface area (Å²) in [5, 5.41) is 13.7. The smallest absolute Gasteiger partial charge is 0.313 e. The van der Waals surface area contributed by atoms with Crippen LogP contribution in [0.4, 0.5) is 0 Å². The molecule has 6 rings (SSSR count). The summed E-state index contributed by atoms with van der Waals surface area (Å²) in [7, 11) is 0. The van der Waals surface area contributed by atoms with E-state index in [1.54, 1.807) is 11.0 Å². The van der Waals surface area contributed by atoms with Gasteiger partial charge in [0, 0.05) is 23.5 Å². The first kappa shape index (κ1) is 35.0. The van der Waals surface area contributed by atoms with E-state index in [4.69, 9.17) is 9.47 Å². The van der Waals surface area contributed by atoms with Crippen molar-refractivity contribution in [1.82, 2.24) is 15.1 Å². The Morgan fingerprint density at radius 2 is 1.73 bits per heavy atom. The maximum Gasteiger partial charge on any atom is 0.313 e. The number of amides is 3. The van der Waals surface area contributed by atoms with Crippen LogP contribution in [0.15, 0.2) is 83.4 Å². The van der Waals surface area contributed by atoms with Crippen molar-refractivity contribution in [2.45, 2.75) is 81.9 Å². The number of carbonyl (C=O) groups excluding carboxylic acids is 4. The minimum absolute atomic E-state index is 0.0521. The molecule has 0 saturated carbocycles. The molecule has 8 atom stereocenters. The van der Waals surface area contributed by atoms with Crippen molar-refractivity contribution in [2.24, 2.45) is 11.8 Å². The van der Waals surface area contributed by atoms with Gasteiger partial charge in [0.2, 0.25) is 17.7 Å². The Morgan fingerprint density at radius 1 is 1.02 bits per heavy atom. The van der Waals surface area contributed by atoms with E-state index in [1.807, 2.05) is 79.7 Å². The zero-order chi connectivity index (χ0) is 34.7.